The summed E-state index contributed by atoms with van der Waals surface area (Å²) < 4.78 is 1.73. The highest BCUT2D eigenvalue weighted by atomic mass is 16.3. The Morgan fingerprint density at radius 2 is 2.27 bits per heavy atom. The zero-order chi connectivity index (χ0) is 8.43. The molecule has 0 amide bonds. The highest BCUT2D eigenvalue weighted by Crippen LogP contribution is 2.17. The fourth-order valence-corrected chi connectivity index (χ4v) is 0.826. The third kappa shape index (κ3) is 1.45. The van der Waals surface area contributed by atoms with Gasteiger partial charge in [0, 0.05) is 6.04 Å². The fraction of sp³-hybridized carbons (Fsp3) is 0.571. The molecule has 1 heterocycles. The minimum absolute atomic E-state index is 0.282. The molecule has 0 saturated carbocycles. The van der Waals surface area contributed by atoms with Gasteiger partial charge in [-0.2, -0.15) is 5.10 Å². The number of nitroso groups, excluding NO2 is 1. The Labute approximate surface area is 65.2 Å². The number of rotatable bonds is 2. The number of hydrogen-bond acceptors (Lipinski definition) is 3. The molecule has 60 valence electrons. The summed E-state index contributed by atoms with van der Waals surface area (Å²) in [7, 11) is 0. The molecule has 0 saturated heterocycles. The summed E-state index contributed by atoms with van der Waals surface area (Å²) >= 11 is 0. The molecule has 0 aliphatic heterocycles. The maximum atomic E-state index is 10.2. The Hall–Kier alpha value is -1.19. The van der Waals surface area contributed by atoms with Crippen LogP contribution in [0.4, 0.5) is 5.69 Å². The van der Waals surface area contributed by atoms with Crippen molar-refractivity contribution in [2.24, 2.45) is 5.18 Å². The molecule has 11 heavy (non-hydrogen) atoms. The lowest BCUT2D eigenvalue weighted by Gasteiger charge is -2.02. The quantitative estimate of drug-likeness (QED) is 0.611. The molecule has 4 nitrogen and oxygen atoms in total. The summed E-state index contributed by atoms with van der Waals surface area (Å²) in [6.07, 6.45) is 1.66. The molecule has 1 aromatic heterocycles. The van der Waals surface area contributed by atoms with Crippen LogP contribution in [0.25, 0.3) is 0 Å². The van der Waals surface area contributed by atoms with Crippen molar-refractivity contribution in [2.75, 3.05) is 0 Å². The van der Waals surface area contributed by atoms with E-state index >= 15 is 0 Å². The van der Waals surface area contributed by atoms with E-state index in [1.54, 1.807) is 17.8 Å². The number of aromatic nitrogens is 2. The Balaban J connectivity index is 3.04. The smallest absolute Gasteiger partial charge is 0.148 e. The summed E-state index contributed by atoms with van der Waals surface area (Å²) in [5.74, 6) is 0. The van der Waals surface area contributed by atoms with Crippen molar-refractivity contribution in [3.8, 4) is 0 Å². The van der Waals surface area contributed by atoms with Gasteiger partial charge < -0.3 is 0 Å². The first kappa shape index (κ1) is 7.91. The molecule has 0 spiro atoms. The molecule has 0 atom stereocenters. The van der Waals surface area contributed by atoms with E-state index in [9.17, 15) is 4.91 Å². The van der Waals surface area contributed by atoms with Crippen molar-refractivity contribution >= 4 is 5.69 Å². The second-order valence-electron chi connectivity index (χ2n) is 2.76. The van der Waals surface area contributed by atoms with Crippen LogP contribution in [0, 0.1) is 11.8 Å². The van der Waals surface area contributed by atoms with Crippen molar-refractivity contribution in [2.45, 2.75) is 26.8 Å². The van der Waals surface area contributed by atoms with Gasteiger partial charge in [-0.1, -0.05) is 0 Å². The average molecular weight is 153 g/mol. The molecule has 1 rings (SSSR count). The van der Waals surface area contributed by atoms with Gasteiger partial charge in [-0.3, -0.25) is 4.68 Å². The standard InChI is InChI=1S/C7H11N3O/c1-5(2)10-4-7(9-11)6(3)8-10/h4-5H,1-3H3. The second kappa shape index (κ2) is 2.82. The Morgan fingerprint density at radius 1 is 1.64 bits per heavy atom. The van der Waals surface area contributed by atoms with Crippen LogP contribution in [0.3, 0.4) is 0 Å². The highest BCUT2D eigenvalue weighted by Gasteiger charge is 2.05. The Morgan fingerprint density at radius 3 is 2.55 bits per heavy atom. The van der Waals surface area contributed by atoms with Crippen LogP contribution in [0.5, 0.6) is 0 Å². The molecular weight excluding hydrogens is 142 g/mol. The SMILES string of the molecule is Cc1nn(C(C)C)cc1N=O. The van der Waals surface area contributed by atoms with Gasteiger partial charge in [0.2, 0.25) is 0 Å². The summed E-state index contributed by atoms with van der Waals surface area (Å²) in [4.78, 5) is 10.2. The molecular formula is C7H11N3O. The third-order valence-corrected chi connectivity index (χ3v) is 1.52. The number of hydrogen-bond donors (Lipinski definition) is 0. The van der Waals surface area contributed by atoms with E-state index in [4.69, 9.17) is 0 Å². The predicted octanol–water partition coefficient (Wildman–Crippen LogP) is 2.17. The van der Waals surface area contributed by atoms with Gasteiger partial charge in [-0.15, -0.1) is 4.91 Å². The van der Waals surface area contributed by atoms with Crippen molar-refractivity contribution in [3.05, 3.63) is 16.8 Å². The molecule has 0 aromatic carbocycles. The van der Waals surface area contributed by atoms with E-state index < -0.39 is 0 Å². The molecule has 0 unspecified atom stereocenters. The van der Waals surface area contributed by atoms with E-state index in [1.807, 2.05) is 13.8 Å². The molecule has 0 bridgehead atoms. The van der Waals surface area contributed by atoms with Gasteiger partial charge in [0.1, 0.15) is 5.69 Å². The van der Waals surface area contributed by atoms with E-state index in [0.29, 0.717) is 11.4 Å². The zero-order valence-electron chi connectivity index (χ0n) is 6.90. The highest BCUT2D eigenvalue weighted by molar-refractivity contribution is 5.38. The first-order valence-corrected chi connectivity index (χ1v) is 3.54. The van der Waals surface area contributed by atoms with Gasteiger partial charge >= 0.3 is 0 Å². The average Bonchev–Trinajstić information content (AvgIpc) is 2.31. The van der Waals surface area contributed by atoms with Crippen LogP contribution in [0.1, 0.15) is 25.6 Å². The van der Waals surface area contributed by atoms with E-state index in [0.717, 1.165) is 0 Å². The van der Waals surface area contributed by atoms with Crippen LogP contribution in [-0.4, -0.2) is 9.78 Å². The van der Waals surface area contributed by atoms with Crippen molar-refractivity contribution in [1.82, 2.24) is 9.78 Å². The monoisotopic (exact) mass is 153 g/mol. The van der Waals surface area contributed by atoms with Gasteiger partial charge in [-0.25, -0.2) is 0 Å². The minimum atomic E-state index is 0.282. The summed E-state index contributed by atoms with van der Waals surface area (Å²) in [5, 5.41) is 6.94. The fourth-order valence-electron chi connectivity index (χ4n) is 0.826. The zero-order valence-corrected chi connectivity index (χ0v) is 6.90. The van der Waals surface area contributed by atoms with Crippen LogP contribution in [0.15, 0.2) is 11.4 Å². The minimum Gasteiger partial charge on any atom is -0.268 e. The first-order valence-electron chi connectivity index (χ1n) is 3.54. The third-order valence-electron chi connectivity index (χ3n) is 1.52. The second-order valence-corrected chi connectivity index (χ2v) is 2.76. The van der Waals surface area contributed by atoms with E-state index in [-0.39, 0.29) is 6.04 Å². The van der Waals surface area contributed by atoms with Crippen molar-refractivity contribution in [3.63, 3.8) is 0 Å². The summed E-state index contributed by atoms with van der Waals surface area (Å²) in [5.41, 5.74) is 1.12. The Kier molecular flexibility index (Phi) is 2.03. The molecule has 0 aliphatic carbocycles. The van der Waals surface area contributed by atoms with Crippen LogP contribution in [0.2, 0.25) is 0 Å². The molecule has 0 aliphatic rings. The topological polar surface area (TPSA) is 47.2 Å². The first-order chi connectivity index (χ1) is 5.15. The lowest BCUT2D eigenvalue weighted by molar-refractivity contribution is 0.529. The Bertz CT molecular complexity index is 265. The van der Waals surface area contributed by atoms with E-state index in [2.05, 4.69) is 10.3 Å². The van der Waals surface area contributed by atoms with Crippen LogP contribution >= 0.6 is 0 Å². The van der Waals surface area contributed by atoms with E-state index in [1.165, 1.54) is 0 Å². The largest absolute Gasteiger partial charge is 0.268 e. The number of aryl methyl sites for hydroxylation is 1. The molecule has 1 aromatic rings. The van der Waals surface area contributed by atoms with Crippen LogP contribution < -0.4 is 0 Å². The van der Waals surface area contributed by atoms with Gasteiger partial charge in [0.25, 0.3) is 0 Å². The van der Waals surface area contributed by atoms with Crippen molar-refractivity contribution in [1.29, 1.82) is 0 Å². The van der Waals surface area contributed by atoms with Gasteiger partial charge in [0.15, 0.2) is 0 Å². The van der Waals surface area contributed by atoms with Crippen LogP contribution in [-0.2, 0) is 0 Å². The lowest BCUT2D eigenvalue weighted by atomic mass is 10.4. The van der Waals surface area contributed by atoms with Gasteiger partial charge in [0.05, 0.1) is 11.9 Å². The number of nitrogens with zero attached hydrogens (tertiary/aromatic N) is 3. The molecule has 0 fully saturated rings. The molecule has 0 N–H and O–H groups in total. The van der Waals surface area contributed by atoms with Crippen molar-refractivity contribution < 1.29 is 0 Å². The summed E-state index contributed by atoms with van der Waals surface area (Å²) in [6, 6.07) is 0.282. The lowest BCUT2D eigenvalue weighted by Crippen LogP contribution is -2.00. The predicted molar refractivity (Wildman–Crippen MR) is 42.8 cm³/mol. The molecule has 4 heteroatoms. The maximum absolute atomic E-state index is 10.2. The normalized spacial score (nSPS) is 10.5. The maximum Gasteiger partial charge on any atom is 0.148 e. The summed E-state index contributed by atoms with van der Waals surface area (Å²) in [6.45, 7) is 5.78. The van der Waals surface area contributed by atoms with Gasteiger partial charge in [-0.05, 0) is 25.9 Å². The molecule has 0 radical (unpaired) electrons.